The van der Waals surface area contributed by atoms with Crippen molar-refractivity contribution in [1.29, 1.82) is 5.26 Å². The first-order valence-electron chi connectivity index (χ1n) is 8.03. The molecule has 1 fully saturated rings. The van der Waals surface area contributed by atoms with Gasteiger partial charge in [-0.2, -0.15) is 5.26 Å². The van der Waals surface area contributed by atoms with Crippen molar-refractivity contribution in [2.24, 2.45) is 0 Å². The van der Waals surface area contributed by atoms with Crippen LogP contribution in [-0.4, -0.2) is 46.9 Å². The third kappa shape index (κ3) is 3.41. The fraction of sp³-hybridized carbons (Fsp3) is 0.500. The second-order valence-corrected chi connectivity index (χ2v) is 7.09. The standard InChI is InChI=1S/C18H21N3O3/c1-18(2,3)24-17(22)21-14-6-13(7-15(21)11-23-10-14)16-5-4-12(8-19)9-20-16/h4-6,9,14-15H,7,10-11H2,1-3H3. The Kier molecular flexibility index (Phi) is 4.29. The maximum atomic E-state index is 12.5. The molecule has 2 aliphatic rings. The molecule has 126 valence electrons. The summed E-state index contributed by atoms with van der Waals surface area (Å²) in [6.07, 6.45) is 3.95. The lowest BCUT2D eigenvalue weighted by molar-refractivity contribution is -0.0511. The Morgan fingerprint density at radius 2 is 2.21 bits per heavy atom. The second-order valence-electron chi connectivity index (χ2n) is 7.09. The van der Waals surface area contributed by atoms with Crippen molar-refractivity contribution in [3.05, 3.63) is 35.7 Å². The fourth-order valence-electron chi connectivity index (χ4n) is 3.04. The maximum Gasteiger partial charge on any atom is 0.411 e. The van der Waals surface area contributed by atoms with Crippen LogP contribution in [0.2, 0.25) is 0 Å². The molecular formula is C18H21N3O3. The number of nitrogens with zero attached hydrogens (tertiary/aromatic N) is 3. The van der Waals surface area contributed by atoms with Crippen LogP contribution in [0.15, 0.2) is 24.4 Å². The number of amides is 1. The molecule has 1 aromatic rings. The minimum absolute atomic E-state index is 0.0592. The number of rotatable bonds is 1. The smallest absolute Gasteiger partial charge is 0.411 e. The molecule has 1 aromatic heterocycles. The van der Waals surface area contributed by atoms with Crippen LogP contribution >= 0.6 is 0 Å². The van der Waals surface area contributed by atoms with E-state index in [-0.39, 0.29) is 18.2 Å². The number of ether oxygens (including phenoxy) is 2. The monoisotopic (exact) mass is 327 g/mol. The lowest BCUT2D eigenvalue weighted by atomic mass is 9.92. The summed E-state index contributed by atoms with van der Waals surface area (Å²) in [5.74, 6) is 0. The zero-order valence-electron chi connectivity index (χ0n) is 14.2. The van der Waals surface area contributed by atoms with Crippen molar-refractivity contribution >= 4 is 11.7 Å². The van der Waals surface area contributed by atoms with Crippen LogP contribution in [0.1, 0.15) is 38.4 Å². The molecule has 2 aliphatic heterocycles. The highest BCUT2D eigenvalue weighted by molar-refractivity contribution is 5.74. The van der Waals surface area contributed by atoms with E-state index in [1.165, 1.54) is 0 Å². The van der Waals surface area contributed by atoms with E-state index < -0.39 is 5.60 Å². The molecule has 0 saturated carbocycles. The van der Waals surface area contributed by atoms with Gasteiger partial charge in [-0.25, -0.2) is 4.79 Å². The van der Waals surface area contributed by atoms with Gasteiger partial charge in [-0.05, 0) is 44.9 Å². The Morgan fingerprint density at radius 1 is 1.42 bits per heavy atom. The van der Waals surface area contributed by atoms with Gasteiger partial charge in [-0.3, -0.25) is 9.88 Å². The number of morpholine rings is 1. The van der Waals surface area contributed by atoms with E-state index in [9.17, 15) is 4.79 Å². The summed E-state index contributed by atoms with van der Waals surface area (Å²) in [6, 6.07) is 5.47. The van der Waals surface area contributed by atoms with Crippen molar-refractivity contribution in [1.82, 2.24) is 9.88 Å². The highest BCUT2D eigenvalue weighted by Gasteiger charge is 2.40. The van der Waals surface area contributed by atoms with Crippen LogP contribution in [0.3, 0.4) is 0 Å². The number of fused-ring (bicyclic) bond motifs is 2. The van der Waals surface area contributed by atoms with Gasteiger partial charge in [0.05, 0.1) is 36.6 Å². The van der Waals surface area contributed by atoms with Crippen molar-refractivity contribution in [3.8, 4) is 6.07 Å². The molecule has 0 aliphatic carbocycles. The summed E-state index contributed by atoms with van der Waals surface area (Å²) >= 11 is 0. The topological polar surface area (TPSA) is 75.5 Å². The van der Waals surface area contributed by atoms with Gasteiger partial charge in [-0.15, -0.1) is 0 Å². The number of pyridine rings is 1. The van der Waals surface area contributed by atoms with E-state index in [0.29, 0.717) is 25.2 Å². The number of carbonyl (C=O) groups is 1. The summed E-state index contributed by atoms with van der Waals surface area (Å²) in [6.45, 7) is 6.54. The second kappa shape index (κ2) is 6.25. The van der Waals surface area contributed by atoms with E-state index in [4.69, 9.17) is 14.7 Å². The van der Waals surface area contributed by atoms with Crippen molar-refractivity contribution < 1.29 is 14.3 Å². The molecule has 2 bridgehead atoms. The normalized spacial score (nSPS) is 23.2. The molecule has 1 amide bonds. The largest absolute Gasteiger partial charge is 0.444 e. The van der Waals surface area contributed by atoms with Gasteiger partial charge in [0.25, 0.3) is 0 Å². The van der Waals surface area contributed by atoms with E-state index in [2.05, 4.69) is 11.1 Å². The average molecular weight is 327 g/mol. The maximum absolute atomic E-state index is 12.5. The predicted molar refractivity (Wildman–Crippen MR) is 88.0 cm³/mol. The van der Waals surface area contributed by atoms with Crippen molar-refractivity contribution in [2.45, 2.75) is 44.9 Å². The van der Waals surface area contributed by atoms with E-state index in [1.807, 2.05) is 32.9 Å². The van der Waals surface area contributed by atoms with E-state index >= 15 is 0 Å². The Morgan fingerprint density at radius 3 is 2.79 bits per heavy atom. The minimum atomic E-state index is -0.523. The Bertz CT molecular complexity index is 698. The van der Waals surface area contributed by atoms with Gasteiger partial charge in [0.2, 0.25) is 0 Å². The summed E-state index contributed by atoms with van der Waals surface area (Å²) in [5.41, 5.74) is 1.94. The number of hydrogen-bond donors (Lipinski definition) is 0. The summed E-state index contributed by atoms with van der Waals surface area (Å²) < 4.78 is 11.1. The first-order chi connectivity index (χ1) is 11.4. The van der Waals surface area contributed by atoms with Crippen LogP contribution in [0.5, 0.6) is 0 Å². The van der Waals surface area contributed by atoms with Crippen LogP contribution < -0.4 is 0 Å². The zero-order chi connectivity index (χ0) is 17.3. The molecule has 0 N–H and O–H groups in total. The summed E-state index contributed by atoms with van der Waals surface area (Å²) in [5, 5.41) is 8.88. The molecule has 3 heterocycles. The van der Waals surface area contributed by atoms with Gasteiger partial charge in [0, 0.05) is 6.20 Å². The molecule has 3 rings (SSSR count). The van der Waals surface area contributed by atoms with Crippen molar-refractivity contribution in [3.63, 3.8) is 0 Å². The molecule has 0 spiro atoms. The van der Waals surface area contributed by atoms with Gasteiger partial charge in [-0.1, -0.05) is 6.08 Å². The molecular weight excluding hydrogens is 306 g/mol. The van der Waals surface area contributed by atoms with Gasteiger partial charge in [0.15, 0.2) is 0 Å². The summed E-state index contributed by atoms with van der Waals surface area (Å²) in [7, 11) is 0. The van der Waals surface area contributed by atoms with E-state index in [1.54, 1.807) is 17.2 Å². The van der Waals surface area contributed by atoms with Crippen LogP contribution in [0.25, 0.3) is 5.57 Å². The Labute approximate surface area is 141 Å². The molecule has 1 saturated heterocycles. The molecule has 0 radical (unpaired) electrons. The number of carbonyl (C=O) groups excluding carboxylic acids is 1. The zero-order valence-corrected chi connectivity index (χ0v) is 14.2. The van der Waals surface area contributed by atoms with Crippen LogP contribution in [0, 0.1) is 11.3 Å². The molecule has 6 heteroatoms. The lowest BCUT2D eigenvalue weighted by Crippen LogP contribution is -2.57. The SMILES string of the molecule is CC(C)(C)OC(=O)N1C2C=C(c3ccc(C#N)cn3)CC1COC2. The molecule has 24 heavy (non-hydrogen) atoms. The summed E-state index contributed by atoms with van der Waals surface area (Å²) in [4.78, 5) is 18.7. The minimum Gasteiger partial charge on any atom is -0.444 e. The highest BCUT2D eigenvalue weighted by atomic mass is 16.6. The predicted octanol–water partition coefficient (Wildman–Crippen LogP) is 2.74. The molecule has 2 atom stereocenters. The van der Waals surface area contributed by atoms with Crippen molar-refractivity contribution in [2.75, 3.05) is 13.2 Å². The first-order valence-corrected chi connectivity index (χ1v) is 8.03. The Hall–Kier alpha value is -2.39. The molecule has 6 nitrogen and oxygen atoms in total. The highest BCUT2D eigenvalue weighted by Crippen LogP contribution is 2.32. The van der Waals surface area contributed by atoms with Crippen LogP contribution in [0.4, 0.5) is 4.79 Å². The fourth-order valence-corrected chi connectivity index (χ4v) is 3.04. The van der Waals surface area contributed by atoms with Gasteiger partial charge in [0.1, 0.15) is 11.7 Å². The van der Waals surface area contributed by atoms with Gasteiger partial charge >= 0.3 is 6.09 Å². The molecule has 0 aromatic carbocycles. The number of nitriles is 1. The molecule has 2 unspecified atom stereocenters. The Balaban J connectivity index is 1.84. The number of hydrogen-bond acceptors (Lipinski definition) is 5. The third-order valence-corrected chi connectivity index (χ3v) is 4.02. The quantitative estimate of drug-likeness (QED) is 0.793. The third-order valence-electron chi connectivity index (χ3n) is 4.02. The first kappa shape index (κ1) is 16.5. The van der Waals surface area contributed by atoms with E-state index in [0.717, 1.165) is 11.3 Å². The lowest BCUT2D eigenvalue weighted by Gasteiger charge is -2.44. The van der Waals surface area contributed by atoms with Crippen LogP contribution in [-0.2, 0) is 9.47 Å². The van der Waals surface area contributed by atoms with Gasteiger partial charge < -0.3 is 9.47 Å². The average Bonchev–Trinajstić information content (AvgIpc) is 2.52. The number of aromatic nitrogens is 1.